The van der Waals surface area contributed by atoms with Gasteiger partial charge in [0.2, 0.25) is 0 Å². The highest BCUT2D eigenvalue weighted by atomic mass is 35.5. The molecule has 1 aliphatic rings. The molecule has 0 atom stereocenters. The van der Waals surface area contributed by atoms with E-state index in [2.05, 4.69) is 23.4 Å². The van der Waals surface area contributed by atoms with E-state index >= 15 is 0 Å². The molecule has 3 rings (SSSR count). The maximum atomic E-state index is 13.3. The van der Waals surface area contributed by atoms with Crippen LogP contribution in [0.4, 0.5) is 4.39 Å². The first-order chi connectivity index (χ1) is 8.54. The van der Waals surface area contributed by atoms with E-state index in [1.165, 1.54) is 25.0 Å². The first-order valence-electron chi connectivity index (χ1n) is 6.27. The molecule has 0 unspecified atom stereocenters. The number of rotatable bonds is 3. The van der Waals surface area contributed by atoms with Gasteiger partial charge in [-0.2, -0.15) is 0 Å². The zero-order valence-electron chi connectivity index (χ0n) is 10.6. The first kappa shape index (κ1) is 12.0. The van der Waals surface area contributed by atoms with Gasteiger partial charge in [0.1, 0.15) is 11.6 Å². The van der Waals surface area contributed by atoms with Crippen LogP contribution in [0.5, 0.6) is 0 Å². The lowest BCUT2D eigenvalue weighted by molar-refractivity contribution is 0.306. The third-order valence-corrected chi connectivity index (χ3v) is 4.20. The van der Waals surface area contributed by atoms with Gasteiger partial charge in [-0.15, -0.1) is 11.6 Å². The molecule has 1 aliphatic carbocycles. The Balaban J connectivity index is 2.25. The van der Waals surface area contributed by atoms with Crippen molar-refractivity contribution in [2.75, 3.05) is 0 Å². The quantitative estimate of drug-likeness (QED) is 0.766. The summed E-state index contributed by atoms with van der Waals surface area (Å²) < 4.78 is 15.5. The summed E-state index contributed by atoms with van der Waals surface area (Å²) in [4.78, 5) is 4.46. The molecular weight excluding hydrogens is 251 g/mol. The molecule has 1 heterocycles. The third-order valence-electron chi connectivity index (χ3n) is 3.96. The molecule has 96 valence electrons. The number of benzene rings is 1. The second-order valence-electron chi connectivity index (χ2n) is 5.56. The van der Waals surface area contributed by atoms with Gasteiger partial charge in [0, 0.05) is 11.6 Å². The zero-order valence-corrected chi connectivity index (χ0v) is 11.3. The van der Waals surface area contributed by atoms with Crippen LogP contribution in [0.15, 0.2) is 18.2 Å². The average molecular weight is 267 g/mol. The van der Waals surface area contributed by atoms with Crippen molar-refractivity contribution in [3.05, 3.63) is 29.8 Å². The molecule has 1 saturated carbocycles. The summed E-state index contributed by atoms with van der Waals surface area (Å²) in [5.74, 6) is 1.60. The highest BCUT2D eigenvalue weighted by Gasteiger charge is 2.40. The van der Waals surface area contributed by atoms with E-state index < -0.39 is 0 Å². The number of hydrogen-bond donors (Lipinski definition) is 0. The van der Waals surface area contributed by atoms with Gasteiger partial charge in [-0.1, -0.05) is 0 Å². The van der Waals surface area contributed by atoms with Gasteiger partial charge in [-0.05, 0) is 44.7 Å². The summed E-state index contributed by atoms with van der Waals surface area (Å²) in [6.07, 6.45) is 2.49. The maximum absolute atomic E-state index is 13.3. The molecule has 0 spiro atoms. The number of alkyl halides is 1. The summed E-state index contributed by atoms with van der Waals surface area (Å²) in [7, 11) is 0. The molecule has 0 N–H and O–H groups in total. The zero-order chi connectivity index (χ0) is 12.9. The van der Waals surface area contributed by atoms with E-state index in [1.807, 2.05) is 0 Å². The van der Waals surface area contributed by atoms with Gasteiger partial charge in [-0.25, -0.2) is 9.37 Å². The fourth-order valence-corrected chi connectivity index (χ4v) is 2.99. The fourth-order valence-electron chi connectivity index (χ4n) is 2.81. The maximum Gasteiger partial charge on any atom is 0.125 e. The second-order valence-corrected chi connectivity index (χ2v) is 5.83. The molecule has 1 fully saturated rings. The summed E-state index contributed by atoms with van der Waals surface area (Å²) in [6.45, 7) is 4.43. The number of aromatic nitrogens is 2. The number of imidazole rings is 1. The van der Waals surface area contributed by atoms with E-state index in [1.54, 1.807) is 6.07 Å². The number of nitrogens with zero attached hydrogens (tertiary/aromatic N) is 2. The molecule has 0 radical (unpaired) electrons. The molecule has 2 nitrogen and oxygen atoms in total. The van der Waals surface area contributed by atoms with E-state index in [0.29, 0.717) is 17.3 Å². The Hall–Kier alpha value is -1.09. The summed E-state index contributed by atoms with van der Waals surface area (Å²) in [6, 6.07) is 4.77. The van der Waals surface area contributed by atoms with Crippen LogP contribution >= 0.6 is 11.6 Å². The normalized spacial score (nSPS) is 16.4. The van der Waals surface area contributed by atoms with Crippen LogP contribution in [-0.2, 0) is 11.4 Å². The highest BCUT2D eigenvalue weighted by molar-refractivity contribution is 6.16. The van der Waals surface area contributed by atoms with Crippen molar-refractivity contribution >= 4 is 22.6 Å². The molecule has 0 amide bonds. The third kappa shape index (κ3) is 1.72. The Morgan fingerprint density at radius 3 is 2.78 bits per heavy atom. The van der Waals surface area contributed by atoms with Crippen molar-refractivity contribution in [2.45, 2.75) is 38.1 Å². The van der Waals surface area contributed by atoms with E-state index in [-0.39, 0.29) is 11.4 Å². The van der Waals surface area contributed by atoms with Crippen LogP contribution in [0.3, 0.4) is 0 Å². The Morgan fingerprint density at radius 1 is 1.44 bits per heavy atom. The molecular formula is C14H16ClFN2. The molecule has 0 bridgehead atoms. The lowest BCUT2D eigenvalue weighted by Gasteiger charge is -2.29. The average Bonchev–Trinajstić information content (AvgIpc) is 3.10. The van der Waals surface area contributed by atoms with Crippen LogP contribution in [0.25, 0.3) is 11.0 Å². The Labute approximate surface area is 111 Å². The Bertz CT molecular complexity index is 599. The fraction of sp³-hybridized carbons (Fsp3) is 0.500. The predicted octanol–water partition coefficient (Wildman–Crippen LogP) is 4.06. The Kier molecular flexibility index (Phi) is 2.63. The molecule has 4 heteroatoms. The number of halogens is 2. The summed E-state index contributed by atoms with van der Waals surface area (Å²) in [5.41, 5.74) is 1.67. The first-order valence-corrected chi connectivity index (χ1v) is 6.81. The SMILES string of the molecule is CC(C)(C1CC1)n1c(CCl)nc2cc(F)ccc21. The molecule has 0 saturated heterocycles. The lowest BCUT2D eigenvalue weighted by Crippen LogP contribution is -2.30. The minimum atomic E-state index is -0.252. The van der Waals surface area contributed by atoms with Gasteiger partial charge < -0.3 is 4.57 Å². The molecule has 2 aromatic rings. The molecule has 1 aromatic carbocycles. The molecule has 0 aliphatic heterocycles. The topological polar surface area (TPSA) is 17.8 Å². The van der Waals surface area contributed by atoms with Crippen molar-refractivity contribution in [2.24, 2.45) is 5.92 Å². The molecule has 1 aromatic heterocycles. The smallest absolute Gasteiger partial charge is 0.125 e. The lowest BCUT2D eigenvalue weighted by atomic mass is 9.97. The molecule has 18 heavy (non-hydrogen) atoms. The van der Waals surface area contributed by atoms with Crippen molar-refractivity contribution in [3.63, 3.8) is 0 Å². The van der Waals surface area contributed by atoms with Crippen LogP contribution in [0.2, 0.25) is 0 Å². The van der Waals surface area contributed by atoms with Gasteiger partial charge in [0.05, 0.1) is 16.9 Å². The van der Waals surface area contributed by atoms with Crippen molar-refractivity contribution < 1.29 is 4.39 Å². The van der Waals surface area contributed by atoms with Gasteiger partial charge in [0.25, 0.3) is 0 Å². The number of hydrogen-bond acceptors (Lipinski definition) is 1. The van der Waals surface area contributed by atoms with Gasteiger partial charge in [0.15, 0.2) is 0 Å². The van der Waals surface area contributed by atoms with Crippen molar-refractivity contribution in [3.8, 4) is 0 Å². The van der Waals surface area contributed by atoms with Crippen LogP contribution in [0, 0.1) is 11.7 Å². The van der Waals surface area contributed by atoms with Gasteiger partial charge >= 0.3 is 0 Å². The van der Waals surface area contributed by atoms with Gasteiger partial charge in [-0.3, -0.25) is 0 Å². The van der Waals surface area contributed by atoms with E-state index in [0.717, 1.165) is 11.3 Å². The summed E-state index contributed by atoms with van der Waals surface area (Å²) >= 11 is 6.00. The monoisotopic (exact) mass is 266 g/mol. The van der Waals surface area contributed by atoms with Crippen LogP contribution in [-0.4, -0.2) is 9.55 Å². The predicted molar refractivity (Wildman–Crippen MR) is 71.3 cm³/mol. The minimum absolute atomic E-state index is 0.00317. The Morgan fingerprint density at radius 2 is 2.17 bits per heavy atom. The van der Waals surface area contributed by atoms with Crippen LogP contribution in [0.1, 0.15) is 32.5 Å². The van der Waals surface area contributed by atoms with E-state index in [4.69, 9.17) is 11.6 Å². The highest BCUT2D eigenvalue weighted by Crippen LogP contribution is 2.45. The number of fused-ring (bicyclic) bond motifs is 1. The second kappa shape index (κ2) is 3.95. The van der Waals surface area contributed by atoms with Crippen molar-refractivity contribution in [1.82, 2.24) is 9.55 Å². The van der Waals surface area contributed by atoms with E-state index in [9.17, 15) is 4.39 Å². The van der Waals surface area contributed by atoms with Crippen LogP contribution < -0.4 is 0 Å². The largest absolute Gasteiger partial charge is 0.321 e. The minimum Gasteiger partial charge on any atom is -0.321 e. The summed E-state index contributed by atoms with van der Waals surface area (Å²) in [5, 5.41) is 0. The van der Waals surface area contributed by atoms with Crippen molar-refractivity contribution in [1.29, 1.82) is 0 Å². The standard InChI is InChI=1S/C14H16ClFN2/c1-14(2,9-3-4-9)18-12-6-5-10(16)7-11(12)17-13(18)8-15/h5-7,9H,3-4,8H2,1-2H3.